The number of carbonyl (C=O) groups excluding carboxylic acids is 3. The maximum absolute atomic E-state index is 12.6. The number of hydrogen-bond acceptors (Lipinski definition) is 5. The summed E-state index contributed by atoms with van der Waals surface area (Å²) in [6.07, 6.45) is 4.75. The van der Waals surface area contributed by atoms with Crippen LogP contribution >= 0.6 is 34.4 Å². The summed E-state index contributed by atoms with van der Waals surface area (Å²) in [4.78, 5) is 40.3. The highest BCUT2D eigenvalue weighted by Gasteiger charge is 2.37. The van der Waals surface area contributed by atoms with Gasteiger partial charge < -0.3 is 9.64 Å². The van der Waals surface area contributed by atoms with Crippen molar-refractivity contribution < 1.29 is 19.1 Å². The Morgan fingerprint density at radius 1 is 1.27 bits per heavy atom. The molecule has 2 aliphatic rings. The molecule has 0 N–H and O–H groups in total. The van der Waals surface area contributed by atoms with Gasteiger partial charge in [-0.3, -0.25) is 19.3 Å². The van der Waals surface area contributed by atoms with Crippen LogP contribution in [0.3, 0.4) is 0 Å². The summed E-state index contributed by atoms with van der Waals surface area (Å²) in [7, 11) is 1.60. The van der Waals surface area contributed by atoms with Gasteiger partial charge in [-0.05, 0) is 77.4 Å². The Kier molecular flexibility index (Phi) is 6.23. The van der Waals surface area contributed by atoms with Gasteiger partial charge in [0.1, 0.15) is 12.3 Å². The van der Waals surface area contributed by atoms with Crippen molar-refractivity contribution in [2.24, 2.45) is 0 Å². The van der Waals surface area contributed by atoms with Gasteiger partial charge in [-0.15, -0.1) is 0 Å². The normalized spacial score (nSPS) is 19.4. The van der Waals surface area contributed by atoms with E-state index in [0.29, 0.717) is 18.0 Å². The van der Waals surface area contributed by atoms with Crippen molar-refractivity contribution in [3.8, 4) is 5.75 Å². The molecule has 3 amide bonds. The van der Waals surface area contributed by atoms with Crippen LogP contribution < -0.4 is 4.74 Å². The highest BCUT2D eigenvalue weighted by Crippen LogP contribution is 2.33. The maximum Gasteiger partial charge on any atom is 0.294 e. The quantitative estimate of drug-likeness (QED) is 0.483. The second kappa shape index (κ2) is 8.43. The Bertz CT molecular complexity index is 774. The van der Waals surface area contributed by atoms with E-state index >= 15 is 0 Å². The molecule has 0 unspecified atom stereocenters. The molecule has 2 aliphatic heterocycles. The van der Waals surface area contributed by atoms with Gasteiger partial charge in [0, 0.05) is 13.1 Å². The number of ether oxygens (including phenoxy) is 1. The summed E-state index contributed by atoms with van der Waals surface area (Å²) in [5.74, 6) is 0.186. The van der Waals surface area contributed by atoms with E-state index < -0.39 is 11.1 Å². The van der Waals surface area contributed by atoms with Crippen molar-refractivity contribution in [2.75, 3.05) is 26.7 Å². The van der Waals surface area contributed by atoms with Crippen molar-refractivity contribution in [1.82, 2.24) is 9.80 Å². The summed E-state index contributed by atoms with van der Waals surface area (Å²) in [6, 6.07) is 5.53. The number of piperidine rings is 1. The number of halogens is 1. The molecule has 138 valence electrons. The van der Waals surface area contributed by atoms with Crippen molar-refractivity contribution in [1.29, 1.82) is 0 Å². The van der Waals surface area contributed by atoms with Crippen LogP contribution in [0.25, 0.3) is 6.08 Å². The lowest BCUT2D eigenvalue weighted by Gasteiger charge is -2.27. The molecule has 0 bridgehead atoms. The van der Waals surface area contributed by atoms with Crippen LogP contribution in [0, 0.1) is 3.57 Å². The van der Waals surface area contributed by atoms with E-state index in [-0.39, 0.29) is 12.5 Å². The van der Waals surface area contributed by atoms with Crippen molar-refractivity contribution in [3.05, 3.63) is 32.2 Å². The second-order valence-corrected chi connectivity index (χ2v) is 8.26. The average molecular weight is 486 g/mol. The molecule has 2 heterocycles. The SMILES string of the molecule is COc1ccc(/C=C2\SC(=O)N(CC(=O)N3CCCCC3)C2=O)cc1I. The highest BCUT2D eigenvalue weighted by molar-refractivity contribution is 14.1. The standard InChI is InChI=1S/C18H19IN2O4S/c1-25-14-6-5-12(9-13(14)19)10-15-17(23)21(18(24)26-15)11-16(22)20-7-3-2-4-8-20/h5-6,9-10H,2-4,7-8,11H2,1H3/b15-10-. The average Bonchev–Trinajstić information content (AvgIpc) is 2.90. The fourth-order valence-corrected chi connectivity index (χ4v) is 4.54. The van der Waals surface area contributed by atoms with Crippen molar-refractivity contribution in [3.63, 3.8) is 0 Å². The molecule has 0 spiro atoms. The third kappa shape index (κ3) is 4.22. The first-order valence-electron chi connectivity index (χ1n) is 8.36. The van der Waals surface area contributed by atoms with Crippen molar-refractivity contribution in [2.45, 2.75) is 19.3 Å². The smallest absolute Gasteiger partial charge is 0.294 e. The summed E-state index contributed by atoms with van der Waals surface area (Å²) >= 11 is 3.03. The number of amides is 3. The monoisotopic (exact) mass is 486 g/mol. The largest absolute Gasteiger partial charge is 0.496 e. The Labute approximate surface area is 170 Å². The highest BCUT2D eigenvalue weighted by atomic mass is 127. The van der Waals surface area contributed by atoms with E-state index in [2.05, 4.69) is 22.6 Å². The van der Waals surface area contributed by atoms with E-state index in [4.69, 9.17) is 4.74 Å². The predicted octanol–water partition coefficient (Wildman–Crippen LogP) is 3.35. The predicted molar refractivity (Wildman–Crippen MR) is 109 cm³/mol. The molecule has 0 aromatic heterocycles. The summed E-state index contributed by atoms with van der Waals surface area (Å²) in [5, 5.41) is -0.394. The molecule has 2 saturated heterocycles. The van der Waals surface area contributed by atoms with Gasteiger partial charge in [0.15, 0.2) is 0 Å². The first kappa shape index (κ1) is 19.2. The van der Waals surface area contributed by atoms with Gasteiger partial charge in [0.2, 0.25) is 5.91 Å². The minimum atomic E-state index is -0.406. The number of thioether (sulfide) groups is 1. The molecule has 6 nitrogen and oxygen atoms in total. The van der Waals surface area contributed by atoms with E-state index in [0.717, 1.165) is 50.8 Å². The third-order valence-corrected chi connectivity index (χ3v) is 6.10. The van der Waals surface area contributed by atoms with E-state index in [9.17, 15) is 14.4 Å². The van der Waals surface area contributed by atoms with E-state index in [1.807, 2.05) is 18.2 Å². The van der Waals surface area contributed by atoms with Gasteiger partial charge in [-0.1, -0.05) is 6.07 Å². The van der Waals surface area contributed by atoms with Crippen LogP contribution in [0.2, 0.25) is 0 Å². The summed E-state index contributed by atoms with van der Waals surface area (Å²) in [5.41, 5.74) is 0.808. The van der Waals surface area contributed by atoms with E-state index in [1.165, 1.54) is 0 Å². The number of nitrogens with zero attached hydrogens (tertiary/aromatic N) is 2. The Balaban J connectivity index is 1.71. The number of benzene rings is 1. The summed E-state index contributed by atoms with van der Waals surface area (Å²) in [6.45, 7) is 1.23. The van der Waals surface area contributed by atoms with Crippen LogP contribution in [0.15, 0.2) is 23.1 Å². The number of rotatable bonds is 4. The molecule has 2 fully saturated rings. The molecule has 0 atom stereocenters. The second-order valence-electron chi connectivity index (χ2n) is 6.10. The van der Waals surface area contributed by atoms with Crippen LogP contribution in [0.4, 0.5) is 4.79 Å². The molecular formula is C18H19IN2O4S. The van der Waals surface area contributed by atoms with Gasteiger partial charge in [-0.2, -0.15) is 0 Å². The van der Waals surface area contributed by atoms with Crippen LogP contribution in [-0.4, -0.2) is 53.6 Å². The maximum atomic E-state index is 12.6. The molecule has 3 rings (SSSR count). The van der Waals surface area contributed by atoms with Crippen molar-refractivity contribution >= 4 is 57.5 Å². The molecule has 0 aliphatic carbocycles. The molecule has 1 aromatic rings. The van der Waals surface area contributed by atoms with Crippen LogP contribution in [0.1, 0.15) is 24.8 Å². The van der Waals surface area contributed by atoms with Crippen LogP contribution in [0.5, 0.6) is 5.75 Å². The minimum Gasteiger partial charge on any atom is -0.496 e. The molecule has 8 heteroatoms. The number of imide groups is 1. The molecule has 1 aromatic carbocycles. The number of methoxy groups -OCH3 is 1. The number of likely N-dealkylation sites (tertiary alicyclic amines) is 1. The first-order chi connectivity index (χ1) is 12.5. The lowest BCUT2D eigenvalue weighted by atomic mass is 10.1. The zero-order valence-electron chi connectivity index (χ0n) is 14.4. The number of hydrogen-bond donors (Lipinski definition) is 0. The fourth-order valence-electron chi connectivity index (χ4n) is 2.94. The fraction of sp³-hybridized carbons (Fsp3) is 0.389. The summed E-state index contributed by atoms with van der Waals surface area (Å²) < 4.78 is 6.14. The molecule has 0 saturated carbocycles. The molecular weight excluding hydrogens is 467 g/mol. The minimum absolute atomic E-state index is 0.160. The third-order valence-electron chi connectivity index (χ3n) is 4.35. The lowest BCUT2D eigenvalue weighted by molar-refractivity contribution is -0.136. The van der Waals surface area contributed by atoms with Gasteiger partial charge >= 0.3 is 0 Å². The van der Waals surface area contributed by atoms with E-state index in [1.54, 1.807) is 18.1 Å². The molecule has 0 radical (unpaired) electrons. The van der Waals surface area contributed by atoms with Gasteiger partial charge in [-0.25, -0.2) is 0 Å². The topological polar surface area (TPSA) is 66.9 Å². The Morgan fingerprint density at radius 3 is 2.65 bits per heavy atom. The molecule has 26 heavy (non-hydrogen) atoms. The zero-order valence-corrected chi connectivity index (χ0v) is 17.3. The van der Waals surface area contributed by atoms with Gasteiger partial charge in [0.05, 0.1) is 15.6 Å². The Hall–Kier alpha value is -1.55. The Morgan fingerprint density at radius 2 is 2.00 bits per heavy atom. The van der Waals surface area contributed by atoms with Gasteiger partial charge in [0.25, 0.3) is 11.1 Å². The first-order valence-corrected chi connectivity index (χ1v) is 10.3. The van der Waals surface area contributed by atoms with Crippen LogP contribution in [-0.2, 0) is 9.59 Å². The lowest BCUT2D eigenvalue weighted by Crippen LogP contribution is -2.44. The number of carbonyl (C=O) groups is 3. The zero-order chi connectivity index (χ0) is 18.7.